The van der Waals surface area contributed by atoms with Crippen LogP contribution in [0.25, 0.3) is 0 Å². The number of hydrogen-bond donors (Lipinski definition) is 1. The van der Waals surface area contributed by atoms with E-state index < -0.39 is 0 Å². The monoisotopic (exact) mass is 268 g/mol. The van der Waals surface area contributed by atoms with Crippen molar-refractivity contribution in [3.63, 3.8) is 0 Å². The highest BCUT2D eigenvalue weighted by molar-refractivity contribution is 6.32. The van der Waals surface area contributed by atoms with Crippen LogP contribution in [-0.2, 0) is 11.2 Å². The number of carbonyl (C=O) groups excluding carboxylic acids is 1. The maximum absolute atomic E-state index is 12.1. The molecule has 1 fully saturated rings. The second-order valence-electron chi connectivity index (χ2n) is 4.28. The molecule has 0 saturated carbocycles. The fourth-order valence-electron chi connectivity index (χ4n) is 2.02. The van der Waals surface area contributed by atoms with Crippen molar-refractivity contribution < 1.29 is 9.53 Å². The Morgan fingerprint density at radius 2 is 2.17 bits per heavy atom. The molecular formula is C13H17ClN2O2. The summed E-state index contributed by atoms with van der Waals surface area (Å²) in [7, 11) is 1.58. The van der Waals surface area contributed by atoms with Crippen LogP contribution in [0.3, 0.4) is 0 Å². The van der Waals surface area contributed by atoms with Gasteiger partial charge in [-0.15, -0.1) is 0 Å². The van der Waals surface area contributed by atoms with Crippen molar-refractivity contribution in [3.8, 4) is 5.75 Å². The number of hydrogen-bond acceptors (Lipinski definition) is 3. The van der Waals surface area contributed by atoms with Gasteiger partial charge >= 0.3 is 0 Å². The zero-order valence-corrected chi connectivity index (χ0v) is 11.2. The number of piperazine rings is 1. The minimum absolute atomic E-state index is 0.151. The molecule has 1 aliphatic rings. The van der Waals surface area contributed by atoms with E-state index in [9.17, 15) is 4.79 Å². The minimum atomic E-state index is 0.151. The molecule has 98 valence electrons. The average Bonchev–Trinajstić information content (AvgIpc) is 2.40. The van der Waals surface area contributed by atoms with Crippen molar-refractivity contribution in [2.24, 2.45) is 0 Å². The second kappa shape index (κ2) is 6.07. The fourth-order valence-corrected chi connectivity index (χ4v) is 2.30. The Bertz CT molecular complexity index is 431. The summed E-state index contributed by atoms with van der Waals surface area (Å²) in [5, 5.41) is 3.77. The van der Waals surface area contributed by atoms with Gasteiger partial charge in [0.05, 0.1) is 18.6 Å². The van der Waals surface area contributed by atoms with Gasteiger partial charge in [-0.25, -0.2) is 0 Å². The summed E-state index contributed by atoms with van der Waals surface area (Å²) in [6, 6.07) is 5.47. The van der Waals surface area contributed by atoms with Crippen LogP contribution < -0.4 is 10.1 Å². The number of ether oxygens (including phenoxy) is 1. The van der Waals surface area contributed by atoms with E-state index in [1.165, 1.54) is 0 Å². The summed E-state index contributed by atoms with van der Waals surface area (Å²) in [4.78, 5) is 13.9. The first-order valence-corrected chi connectivity index (χ1v) is 6.39. The average molecular weight is 269 g/mol. The normalized spacial score (nSPS) is 15.6. The van der Waals surface area contributed by atoms with E-state index >= 15 is 0 Å². The first-order chi connectivity index (χ1) is 8.70. The van der Waals surface area contributed by atoms with Crippen molar-refractivity contribution in [3.05, 3.63) is 28.8 Å². The highest BCUT2D eigenvalue weighted by Gasteiger charge is 2.16. The van der Waals surface area contributed by atoms with Crippen LogP contribution in [0.4, 0.5) is 0 Å². The van der Waals surface area contributed by atoms with Gasteiger partial charge in [-0.05, 0) is 17.7 Å². The summed E-state index contributed by atoms with van der Waals surface area (Å²) >= 11 is 6.04. The largest absolute Gasteiger partial charge is 0.495 e. The topological polar surface area (TPSA) is 41.6 Å². The lowest BCUT2D eigenvalue weighted by Gasteiger charge is -2.27. The summed E-state index contributed by atoms with van der Waals surface area (Å²) < 4.78 is 5.09. The maximum atomic E-state index is 12.1. The lowest BCUT2D eigenvalue weighted by molar-refractivity contribution is -0.131. The molecule has 0 spiro atoms. The number of rotatable bonds is 3. The standard InChI is InChI=1S/C13H17ClN2O2/c1-18-12-3-2-10(8-11(12)14)9-13(17)16-6-4-15-5-7-16/h2-3,8,15H,4-7,9H2,1H3. The highest BCUT2D eigenvalue weighted by atomic mass is 35.5. The van der Waals surface area contributed by atoms with Crippen LogP contribution in [0, 0.1) is 0 Å². The molecule has 1 amide bonds. The molecule has 1 saturated heterocycles. The van der Waals surface area contributed by atoms with Crippen molar-refractivity contribution in [1.29, 1.82) is 0 Å². The molecule has 18 heavy (non-hydrogen) atoms. The Morgan fingerprint density at radius 3 is 2.78 bits per heavy atom. The summed E-state index contributed by atoms with van der Waals surface area (Å²) in [5.41, 5.74) is 0.921. The Hall–Kier alpha value is -1.26. The van der Waals surface area contributed by atoms with Gasteiger partial charge in [-0.1, -0.05) is 17.7 Å². The van der Waals surface area contributed by atoms with E-state index in [1.54, 1.807) is 19.2 Å². The Kier molecular flexibility index (Phi) is 4.44. The smallest absolute Gasteiger partial charge is 0.227 e. The molecular weight excluding hydrogens is 252 g/mol. The van der Waals surface area contributed by atoms with Crippen LogP contribution >= 0.6 is 11.6 Å². The maximum Gasteiger partial charge on any atom is 0.227 e. The van der Waals surface area contributed by atoms with Crippen LogP contribution in [0.2, 0.25) is 5.02 Å². The van der Waals surface area contributed by atoms with Crippen molar-refractivity contribution in [2.75, 3.05) is 33.3 Å². The van der Waals surface area contributed by atoms with Crippen molar-refractivity contribution in [1.82, 2.24) is 10.2 Å². The summed E-state index contributed by atoms with van der Waals surface area (Å²) in [6.07, 6.45) is 0.393. The second-order valence-corrected chi connectivity index (χ2v) is 4.68. The van der Waals surface area contributed by atoms with Gasteiger partial charge in [0.1, 0.15) is 5.75 Å². The number of benzene rings is 1. The van der Waals surface area contributed by atoms with E-state index in [1.807, 2.05) is 11.0 Å². The molecule has 0 atom stereocenters. The molecule has 1 N–H and O–H groups in total. The summed E-state index contributed by atoms with van der Waals surface area (Å²) in [5.74, 6) is 0.785. The SMILES string of the molecule is COc1ccc(CC(=O)N2CCNCC2)cc1Cl. The van der Waals surface area contributed by atoms with E-state index in [-0.39, 0.29) is 5.91 Å². The molecule has 1 aliphatic heterocycles. The Balaban J connectivity index is 2.00. The third-order valence-electron chi connectivity index (χ3n) is 3.04. The van der Waals surface area contributed by atoms with E-state index in [0.29, 0.717) is 17.2 Å². The molecule has 1 aromatic rings. The predicted octanol–water partition coefficient (Wildman–Crippen LogP) is 1.32. The van der Waals surface area contributed by atoms with Gasteiger partial charge in [-0.2, -0.15) is 0 Å². The lowest BCUT2D eigenvalue weighted by Crippen LogP contribution is -2.46. The van der Waals surface area contributed by atoms with E-state index in [0.717, 1.165) is 31.7 Å². The van der Waals surface area contributed by atoms with Crippen LogP contribution in [0.5, 0.6) is 5.75 Å². The number of amides is 1. The number of halogens is 1. The molecule has 0 bridgehead atoms. The van der Waals surface area contributed by atoms with Gasteiger partial charge < -0.3 is 15.0 Å². The number of methoxy groups -OCH3 is 1. The minimum Gasteiger partial charge on any atom is -0.495 e. The molecule has 0 unspecified atom stereocenters. The summed E-state index contributed by atoms with van der Waals surface area (Å²) in [6.45, 7) is 3.30. The third-order valence-corrected chi connectivity index (χ3v) is 3.34. The first-order valence-electron chi connectivity index (χ1n) is 6.01. The van der Waals surface area contributed by atoms with Crippen molar-refractivity contribution >= 4 is 17.5 Å². The van der Waals surface area contributed by atoms with Gasteiger partial charge in [0.2, 0.25) is 5.91 Å². The lowest BCUT2D eigenvalue weighted by atomic mass is 10.1. The Labute approximate surface area is 112 Å². The van der Waals surface area contributed by atoms with Gasteiger partial charge in [-0.3, -0.25) is 4.79 Å². The number of nitrogens with zero attached hydrogens (tertiary/aromatic N) is 1. The number of carbonyl (C=O) groups is 1. The van der Waals surface area contributed by atoms with Gasteiger partial charge in [0.15, 0.2) is 0 Å². The Morgan fingerprint density at radius 1 is 1.44 bits per heavy atom. The molecule has 2 rings (SSSR count). The van der Waals surface area contributed by atoms with Crippen LogP contribution in [0.1, 0.15) is 5.56 Å². The first kappa shape index (κ1) is 13.2. The molecule has 1 heterocycles. The molecule has 0 aromatic heterocycles. The van der Waals surface area contributed by atoms with Gasteiger partial charge in [0, 0.05) is 26.2 Å². The van der Waals surface area contributed by atoms with Crippen LogP contribution in [0.15, 0.2) is 18.2 Å². The van der Waals surface area contributed by atoms with Crippen molar-refractivity contribution in [2.45, 2.75) is 6.42 Å². The fraction of sp³-hybridized carbons (Fsp3) is 0.462. The molecule has 1 aromatic carbocycles. The molecule has 4 nitrogen and oxygen atoms in total. The zero-order chi connectivity index (χ0) is 13.0. The van der Waals surface area contributed by atoms with Gasteiger partial charge in [0.25, 0.3) is 0 Å². The van der Waals surface area contributed by atoms with E-state index in [2.05, 4.69) is 5.32 Å². The molecule has 0 aliphatic carbocycles. The predicted molar refractivity (Wildman–Crippen MR) is 71.2 cm³/mol. The number of nitrogens with one attached hydrogen (secondary N) is 1. The zero-order valence-electron chi connectivity index (χ0n) is 10.4. The third kappa shape index (κ3) is 3.15. The quantitative estimate of drug-likeness (QED) is 0.899. The van der Waals surface area contributed by atoms with E-state index in [4.69, 9.17) is 16.3 Å². The molecule has 0 radical (unpaired) electrons. The van der Waals surface area contributed by atoms with Crippen LogP contribution in [-0.4, -0.2) is 44.1 Å². The molecule has 5 heteroatoms. The highest BCUT2D eigenvalue weighted by Crippen LogP contribution is 2.25.